The molecule has 0 N–H and O–H groups in total. The number of rotatable bonds is 6. The van der Waals surface area contributed by atoms with E-state index in [2.05, 4.69) is 10.1 Å². The van der Waals surface area contributed by atoms with Gasteiger partial charge in [-0.2, -0.15) is 0 Å². The topological polar surface area (TPSA) is 43.7 Å². The van der Waals surface area contributed by atoms with Crippen molar-refractivity contribution in [2.45, 2.75) is 20.5 Å². The van der Waals surface area contributed by atoms with Crippen LogP contribution in [0.15, 0.2) is 59.1 Å². The van der Waals surface area contributed by atoms with Crippen molar-refractivity contribution in [3.05, 3.63) is 81.3 Å². The summed E-state index contributed by atoms with van der Waals surface area (Å²) in [5.74, 6) is 0.882. The number of benzene rings is 2. The van der Waals surface area contributed by atoms with E-state index in [0.29, 0.717) is 6.61 Å². The number of hydrogen-bond acceptors (Lipinski definition) is 5. The van der Waals surface area contributed by atoms with Gasteiger partial charge in [-0.15, -0.1) is 11.3 Å². The van der Waals surface area contributed by atoms with Crippen molar-refractivity contribution >= 4 is 17.0 Å². The van der Waals surface area contributed by atoms with Crippen LogP contribution in [0.2, 0.25) is 0 Å². The predicted molar refractivity (Wildman–Crippen MR) is 101 cm³/mol. The molecule has 0 bridgehead atoms. The van der Waals surface area contributed by atoms with E-state index in [9.17, 15) is 0 Å². The van der Waals surface area contributed by atoms with E-state index in [1.165, 1.54) is 0 Å². The second-order valence-electron chi connectivity index (χ2n) is 5.63. The molecule has 4 nitrogen and oxygen atoms in total. The molecule has 1 heterocycles. The van der Waals surface area contributed by atoms with Crippen LogP contribution in [-0.2, 0) is 11.4 Å². The number of ether oxygens (including phenoxy) is 1. The predicted octanol–water partition coefficient (Wildman–Crippen LogP) is 4.74. The third kappa shape index (κ3) is 4.06. The van der Waals surface area contributed by atoms with Crippen molar-refractivity contribution in [1.82, 2.24) is 4.98 Å². The Morgan fingerprint density at radius 1 is 1.08 bits per heavy atom. The molecule has 1 aromatic heterocycles. The van der Waals surface area contributed by atoms with Crippen LogP contribution in [0, 0.1) is 13.8 Å². The molecule has 0 amide bonds. The van der Waals surface area contributed by atoms with Gasteiger partial charge in [-0.25, -0.2) is 4.98 Å². The average molecular weight is 352 g/mol. The fourth-order valence-electron chi connectivity index (χ4n) is 2.51. The number of nitrogens with zero attached hydrogens (tertiary/aromatic N) is 2. The Hall–Kier alpha value is -2.66. The lowest BCUT2D eigenvalue weighted by molar-refractivity contribution is 0.214. The first-order valence-electron chi connectivity index (χ1n) is 7.99. The first-order chi connectivity index (χ1) is 12.2. The molecular weight excluding hydrogens is 332 g/mol. The fraction of sp³-hybridized carbons (Fsp3) is 0.200. The van der Waals surface area contributed by atoms with Crippen LogP contribution in [0.4, 0.5) is 0 Å². The van der Waals surface area contributed by atoms with Crippen LogP contribution in [0.5, 0.6) is 5.75 Å². The van der Waals surface area contributed by atoms with Gasteiger partial charge in [-0.05, 0) is 31.0 Å². The van der Waals surface area contributed by atoms with Gasteiger partial charge >= 0.3 is 0 Å². The minimum absolute atomic E-state index is 0.452. The number of thiazole rings is 1. The minimum atomic E-state index is 0.452. The van der Waals surface area contributed by atoms with Crippen LogP contribution >= 0.6 is 11.3 Å². The maximum atomic E-state index is 6.02. The number of hydrogen-bond donors (Lipinski definition) is 0. The van der Waals surface area contributed by atoms with Crippen molar-refractivity contribution in [2.24, 2.45) is 5.16 Å². The van der Waals surface area contributed by atoms with E-state index >= 15 is 0 Å². The monoisotopic (exact) mass is 352 g/mol. The van der Waals surface area contributed by atoms with Gasteiger partial charge in [0.25, 0.3) is 0 Å². The van der Waals surface area contributed by atoms with Crippen molar-refractivity contribution in [3.8, 4) is 5.75 Å². The number of oxime groups is 1. The lowest BCUT2D eigenvalue weighted by Crippen LogP contribution is -2.09. The SMILES string of the molecule is CON=C(c1nc(C)cs1)c1ccccc1COc1ccccc1C. The molecule has 3 rings (SSSR count). The largest absolute Gasteiger partial charge is 0.489 e. The third-order valence-corrected chi connectivity index (χ3v) is 4.72. The highest BCUT2D eigenvalue weighted by Crippen LogP contribution is 2.22. The maximum absolute atomic E-state index is 6.02. The van der Waals surface area contributed by atoms with E-state index in [4.69, 9.17) is 9.57 Å². The molecular formula is C20H20N2O2S. The standard InChI is InChI=1S/C20H20N2O2S/c1-14-8-4-7-11-18(14)24-12-16-9-5-6-10-17(16)19(22-23-3)20-21-15(2)13-25-20/h4-11,13H,12H2,1-3H3. The highest BCUT2D eigenvalue weighted by atomic mass is 32.1. The first kappa shape index (κ1) is 17.2. The molecule has 3 aromatic rings. The van der Waals surface area contributed by atoms with Gasteiger partial charge in [0.05, 0.1) is 0 Å². The second kappa shape index (κ2) is 7.94. The van der Waals surface area contributed by atoms with E-state index < -0.39 is 0 Å². The molecule has 5 heteroatoms. The summed E-state index contributed by atoms with van der Waals surface area (Å²) in [5, 5.41) is 7.06. The molecule has 0 aliphatic rings. The van der Waals surface area contributed by atoms with Crippen molar-refractivity contribution in [2.75, 3.05) is 7.11 Å². The summed E-state index contributed by atoms with van der Waals surface area (Å²) in [4.78, 5) is 9.62. The normalized spacial score (nSPS) is 11.4. The maximum Gasteiger partial charge on any atom is 0.146 e. The Labute approximate surface area is 151 Å². The Balaban J connectivity index is 1.92. The molecule has 128 valence electrons. The van der Waals surface area contributed by atoms with Crippen molar-refractivity contribution < 1.29 is 9.57 Å². The van der Waals surface area contributed by atoms with Gasteiger partial charge in [0, 0.05) is 16.6 Å². The van der Waals surface area contributed by atoms with E-state index in [1.807, 2.05) is 67.8 Å². The zero-order valence-electron chi connectivity index (χ0n) is 14.5. The van der Waals surface area contributed by atoms with Crippen LogP contribution in [0.25, 0.3) is 0 Å². The molecule has 0 unspecified atom stereocenters. The van der Waals surface area contributed by atoms with Crippen LogP contribution in [-0.4, -0.2) is 17.8 Å². The molecule has 0 aliphatic carbocycles. The van der Waals surface area contributed by atoms with Gasteiger partial charge in [0.15, 0.2) is 0 Å². The Bertz CT molecular complexity index is 887. The molecule has 0 spiro atoms. The summed E-state index contributed by atoms with van der Waals surface area (Å²) in [6.07, 6.45) is 0. The second-order valence-corrected chi connectivity index (χ2v) is 6.49. The highest BCUT2D eigenvalue weighted by molar-refractivity contribution is 7.12. The molecule has 2 aromatic carbocycles. The van der Waals surface area contributed by atoms with Crippen molar-refractivity contribution in [3.63, 3.8) is 0 Å². The molecule has 0 aliphatic heterocycles. The molecule has 0 saturated carbocycles. The lowest BCUT2D eigenvalue weighted by Gasteiger charge is -2.13. The molecule has 0 saturated heterocycles. The van der Waals surface area contributed by atoms with Gasteiger partial charge in [0.1, 0.15) is 30.2 Å². The van der Waals surface area contributed by atoms with Crippen molar-refractivity contribution in [1.29, 1.82) is 0 Å². The molecule has 0 fully saturated rings. The Morgan fingerprint density at radius 3 is 2.56 bits per heavy atom. The first-order valence-corrected chi connectivity index (χ1v) is 8.87. The summed E-state index contributed by atoms with van der Waals surface area (Å²) in [6.45, 7) is 4.46. The average Bonchev–Trinajstić information content (AvgIpc) is 3.05. The summed E-state index contributed by atoms with van der Waals surface area (Å²) in [7, 11) is 1.55. The Morgan fingerprint density at radius 2 is 1.84 bits per heavy atom. The summed E-state index contributed by atoms with van der Waals surface area (Å²) >= 11 is 1.56. The fourth-order valence-corrected chi connectivity index (χ4v) is 3.30. The molecule has 25 heavy (non-hydrogen) atoms. The number of aryl methyl sites for hydroxylation is 2. The van der Waals surface area contributed by atoms with Gasteiger partial charge in [-0.3, -0.25) is 0 Å². The number of para-hydroxylation sites is 1. The highest BCUT2D eigenvalue weighted by Gasteiger charge is 2.16. The quantitative estimate of drug-likeness (QED) is 0.475. The molecule has 0 radical (unpaired) electrons. The molecule has 0 atom stereocenters. The van der Waals surface area contributed by atoms with Gasteiger partial charge in [0.2, 0.25) is 0 Å². The van der Waals surface area contributed by atoms with Crippen LogP contribution in [0.1, 0.15) is 27.4 Å². The van der Waals surface area contributed by atoms with Crippen LogP contribution < -0.4 is 4.74 Å². The number of aromatic nitrogens is 1. The minimum Gasteiger partial charge on any atom is -0.489 e. The Kier molecular flexibility index (Phi) is 5.46. The van der Waals surface area contributed by atoms with E-state index in [1.54, 1.807) is 18.4 Å². The summed E-state index contributed by atoms with van der Waals surface area (Å²) < 4.78 is 6.02. The van der Waals surface area contributed by atoms with E-state index in [0.717, 1.165) is 38.9 Å². The van der Waals surface area contributed by atoms with Gasteiger partial charge < -0.3 is 9.57 Å². The lowest BCUT2D eigenvalue weighted by atomic mass is 10.0. The summed E-state index contributed by atoms with van der Waals surface area (Å²) in [5.41, 5.74) is 4.81. The smallest absolute Gasteiger partial charge is 0.146 e. The zero-order chi connectivity index (χ0) is 17.6. The van der Waals surface area contributed by atoms with Gasteiger partial charge in [-0.1, -0.05) is 47.6 Å². The van der Waals surface area contributed by atoms with Crippen LogP contribution in [0.3, 0.4) is 0 Å². The third-order valence-electron chi connectivity index (χ3n) is 3.75. The zero-order valence-corrected chi connectivity index (χ0v) is 15.3. The van der Waals surface area contributed by atoms with E-state index in [-0.39, 0.29) is 0 Å². The summed E-state index contributed by atoms with van der Waals surface area (Å²) in [6, 6.07) is 16.0.